The molecular weight excluding hydrogens is 340 g/mol. The Bertz CT molecular complexity index is 655. The molecule has 0 aliphatic heterocycles. The number of aromatic nitrogens is 1. The number of nitrogens with one attached hydrogen (secondary N) is 1. The first-order chi connectivity index (χ1) is 9.60. The summed E-state index contributed by atoms with van der Waals surface area (Å²) in [6, 6.07) is 9.08. The Kier molecular flexibility index (Phi) is 5.26. The average Bonchev–Trinajstić information content (AvgIpc) is 2.43. The van der Waals surface area contributed by atoms with Gasteiger partial charge < -0.3 is 9.88 Å². The minimum Gasteiger partial charge on any atom is -0.380 e. The van der Waals surface area contributed by atoms with Crippen LogP contribution in [0.4, 0.5) is 5.69 Å². The van der Waals surface area contributed by atoms with Crippen LogP contribution in [0.25, 0.3) is 0 Å². The third-order valence-electron chi connectivity index (χ3n) is 2.94. The second-order valence-electron chi connectivity index (χ2n) is 4.54. The molecule has 1 heterocycles. The molecule has 0 fully saturated rings. The SMILES string of the molecule is CCCn1cc(NCc2cc(Cl)ccc2Br)ccc1=O. The molecule has 0 unspecified atom stereocenters. The highest BCUT2D eigenvalue weighted by Crippen LogP contribution is 2.22. The van der Waals surface area contributed by atoms with Gasteiger partial charge in [-0.2, -0.15) is 0 Å². The zero-order valence-corrected chi connectivity index (χ0v) is 13.5. The van der Waals surface area contributed by atoms with Crippen LogP contribution in [0.15, 0.2) is 45.8 Å². The molecule has 0 atom stereocenters. The van der Waals surface area contributed by atoms with E-state index in [-0.39, 0.29) is 5.56 Å². The predicted octanol–water partition coefficient (Wildman–Crippen LogP) is 4.29. The summed E-state index contributed by atoms with van der Waals surface area (Å²) < 4.78 is 2.73. The first-order valence-corrected chi connectivity index (χ1v) is 7.65. The molecule has 0 saturated heterocycles. The lowest BCUT2D eigenvalue weighted by atomic mass is 10.2. The van der Waals surface area contributed by atoms with Gasteiger partial charge in [-0.25, -0.2) is 0 Å². The van der Waals surface area contributed by atoms with Gasteiger partial charge in [0.05, 0.1) is 5.69 Å². The van der Waals surface area contributed by atoms with Crippen molar-refractivity contribution in [2.75, 3.05) is 5.32 Å². The smallest absolute Gasteiger partial charge is 0.250 e. The maximum Gasteiger partial charge on any atom is 0.250 e. The zero-order valence-electron chi connectivity index (χ0n) is 11.2. The van der Waals surface area contributed by atoms with Crippen LogP contribution < -0.4 is 10.9 Å². The number of benzene rings is 1. The molecule has 106 valence electrons. The van der Waals surface area contributed by atoms with Crippen LogP contribution in [0.5, 0.6) is 0 Å². The van der Waals surface area contributed by atoms with Crippen molar-refractivity contribution in [3.63, 3.8) is 0 Å². The molecular formula is C15H16BrClN2O. The van der Waals surface area contributed by atoms with Crippen LogP contribution in [-0.4, -0.2) is 4.57 Å². The van der Waals surface area contributed by atoms with E-state index in [1.54, 1.807) is 16.7 Å². The van der Waals surface area contributed by atoms with E-state index < -0.39 is 0 Å². The highest BCUT2D eigenvalue weighted by molar-refractivity contribution is 9.10. The molecule has 5 heteroatoms. The topological polar surface area (TPSA) is 34.0 Å². The molecule has 2 aromatic rings. The second-order valence-corrected chi connectivity index (χ2v) is 5.83. The maximum atomic E-state index is 11.6. The molecule has 1 aromatic carbocycles. The molecule has 0 radical (unpaired) electrons. The minimum atomic E-state index is 0.0290. The van der Waals surface area contributed by atoms with Gasteiger partial charge in [0.15, 0.2) is 0 Å². The molecule has 0 saturated carbocycles. The lowest BCUT2D eigenvalue weighted by molar-refractivity contribution is 0.655. The van der Waals surface area contributed by atoms with Gasteiger partial charge in [-0.1, -0.05) is 34.5 Å². The van der Waals surface area contributed by atoms with E-state index in [0.717, 1.165) is 28.7 Å². The third-order valence-corrected chi connectivity index (χ3v) is 3.95. The van der Waals surface area contributed by atoms with Crippen LogP contribution in [0.1, 0.15) is 18.9 Å². The highest BCUT2D eigenvalue weighted by atomic mass is 79.9. The van der Waals surface area contributed by atoms with E-state index in [0.29, 0.717) is 11.6 Å². The number of anilines is 1. The lowest BCUT2D eigenvalue weighted by Gasteiger charge is -2.11. The molecule has 2 rings (SSSR count). The highest BCUT2D eigenvalue weighted by Gasteiger charge is 2.02. The number of pyridine rings is 1. The molecule has 0 spiro atoms. The molecule has 0 bridgehead atoms. The first kappa shape index (κ1) is 15.1. The minimum absolute atomic E-state index is 0.0290. The largest absolute Gasteiger partial charge is 0.380 e. The van der Waals surface area contributed by atoms with E-state index in [9.17, 15) is 4.79 Å². The van der Waals surface area contributed by atoms with Gasteiger partial charge in [0.2, 0.25) is 0 Å². The fourth-order valence-corrected chi connectivity index (χ4v) is 2.51. The number of hydrogen-bond donors (Lipinski definition) is 1. The Labute approximate surface area is 131 Å². The van der Waals surface area contributed by atoms with Crippen LogP contribution in [0, 0.1) is 0 Å². The second kappa shape index (κ2) is 6.95. The van der Waals surface area contributed by atoms with Crippen LogP contribution >= 0.6 is 27.5 Å². The Hall–Kier alpha value is -1.26. The molecule has 0 aliphatic rings. The van der Waals surface area contributed by atoms with Crippen LogP contribution in [0.2, 0.25) is 5.02 Å². The predicted molar refractivity (Wildman–Crippen MR) is 87.5 cm³/mol. The third kappa shape index (κ3) is 3.87. The molecule has 3 nitrogen and oxygen atoms in total. The average molecular weight is 356 g/mol. The van der Waals surface area contributed by atoms with Gasteiger partial charge in [0.25, 0.3) is 5.56 Å². The van der Waals surface area contributed by atoms with Crippen molar-refractivity contribution in [3.8, 4) is 0 Å². The molecule has 0 aliphatic carbocycles. The summed E-state index contributed by atoms with van der Waals surface area (Å²) in [5, 5.41) is 4.02. The summed E-state index contributed by atoms with van der Waals surface area (Å²) in [5.41, 5.74) is 2.03. The van der Waals surface area contributed by atoms with E-state index in [2.05, 4.69) is 28.2 Å². The number of nitrogens with zero attached hydrogens (tertiary/aromatic N) is 1. The summed E-state index contributed by atoms with van der Waals surface area (Å²) >= 11 is 9.49. The normalized spacial score (nSPS) is 10.6. The Morgan fingerprint density at radius 1 is 1.30 bits per heavy atom. The van der Waals surface area contributed by atoms with Crippen molar-refractivity contribution < 1.29 is 0 Å². The first-order valence-electron chi connectivity index (χ1n) is 6.48. The molecule has 0 amide bonds. The van der Waals surface area contributed by atoms with Gasteiger partial charge in [-0.3, -0.25) is 4.79 Å². The number of rotatable bonds is 5. The fourth-order valence-electron chi connectivity index (χ4n) is 1.93. The molecule has 1 N–H and O–H groups in total. The standard InChI is InChI=1S/C15H16BrClN2O/c1-2-7-19-10-13(4-6-15(19)20)18-9-11-8-12(17)3-5-14(11)16/h3-6,8,10,18H,2,7,9H2,1H3. The van der Waals surface area contributed by atoms with Gasteiger partial charge in [-0.15, -0.1) is 0 Å². The Morgan fingerprint density at radius 2 is 2.10 bits per heavy atom. The monoisotopic (exact) mass is 354 g/mol. The number of hydrogen-bond acceptors (Lipinski definition) is 2. The maximum absolute atomic E-state index is 11.6. The van der Waals surface area contributed by atoms with E-state index in [1.807, 2.05) is 24.4 Å². The van der Waals surface area contributed by atoms with Gasteiger partial charge in [0.1, 0.15) is 0 Å². The summed E-state index contributed by atoms with van der Waals surface area (Å²) in [7, 11) is 0. The summed E-state index contributed by atoms with van der Waals surface area (Å²) in [6.45, 7) is 3.43. The van der Waals surface area contributed by atoms with Crippen molar-refractivity contribution in [1.29, 1.82) is 0 Å². The van der Waals surface area contributed by atoms with Crippen molar-refractivity contribution in [2.45, 2.75) is 26.4 Å². The molecule has 1 aromatic heterocycles. The van der Waals surface area contributed by atoms with E-state index in [1.165, 1.54) is 0 Å². The van der Waals surface area contributed by atoms with Gasteiger partial charge in [0, 0.05) is 34.8 Å². The summed E-state index contributed by atoms with van der Waals surface area (Å²) in [6.07, 6.45) is 2.79. The van der Waals surface area contributed by atoms with Crippen molar-refractivity contribution in [2.24, 2.45) is 0 Å². The summed E-state index contributed by atoms with van der Waals surface area (Å²) in [4.78, 5) is 11.6. The van der Waals surface area contributed by atoms with Gasteiger partial charge >= 0.3 is 0 Å². The van der Waals surface area contributed by atoms with Gasteiger partial charge in [-0.05, 0) is 36.2 Å². The van der Waals surface area contributed by atoms with E-state index in [4.69, 9.17) is 11.6 Å². The van der Waals surface area contributed by atoms with Crippen molar-refractivity contribution >= 4 is 33.2 Å². The lowest BCUT2D eigenvalue weighted by Crippen LogP contribution is -2.18. The Balaban J connectivity index is 2.12. The number of aryl methyl sites for hydroxylation is 1. The van der Waals surface area contributed by atoms with Crippen LogP contribution in [-0.2, 0) is 13.1 Å². The molecule has 20 heavy (non-hydrogen) atoms. The van der Waals surface area contributed by atoms with Crippen molar-refractivity contribution in [3.05, 3.63) is 61.9 Å². The quantitative estimate of drug-likeness (QED) is 0.868. The fraction of sp³-hybridized carbons (Fsp3) is 0.267. The van der Waals surface area contributed by atoms with Crippen molar-refractivity contribution in [1.82, 2.24) is 4.57 Å². The zero-order chi connectivity index (χ0) is 14.5. The van der Waals surface area contributed by atoms with E-state index >= 15 is 0 Å². The Morgan fingerprint density at radius 3 is 2.85 bits per heavy atom. The number of halogens is 2. The summed E-state index contributed by atoms with van der Waals surface area (Å²) in [5.74, 6) is 0. The van der Waals surface area contributed by atoms with Crippen LogP contribution in [0.3, 0.4) is 0 Å².